The summed E-state index contributed by atoms with van der Waals surface area (Å²) in [7, 11) is 0. The summed E-state index contributed by atoms with van der Waals surface area (Å²) in [6, 6.07) is 18.4. The number of para-hydroxylation sites is 1. The second kappa shape index (κ2) is 9.47. The lowest BCUT2D eigenvalue weighted by Gasteiger charge is -2.15. The van der Waals surface area contributed by atoms with Crippen LogP contribution in [0.1, 0.15) is 61.9 Å². The molecular weight excluding hydrogens is 392 g/mol. The van der Waals surface area contributed by atoms with Gasteiger partial charge in [-0.2, -0.15) is 0 Å². The fourth-order valence-electron chi connectivity index (χ4n) is 3.54. The number of nitrogens with one attached hydrogen (secondary N) is 1. The van der Waals surface area contributed by atoms with Crippen molar-refractivity contribution in [3.05, 3.63) is 71.5 Å². The summed E-state index contributed by atoms with van der Waals surface area (Å²) in [6.07, 6.45) is 3.38. The van der Waals surface area contributed by atoms with Crippen LogP contribution < -0.4 is 5.32 Å². The number of benzene rings is 2. The summed E-state index contributed by atoms with van der Waals surface area (Å²) in [5.41, 5.74) is 3.30. The van der Waals surface area contributed by atoms with Gasteiger partial charge in [-0.3, -0.25) is 4.79 Å². The zero-order valence-corrected chi connectivity index (χ0v) is 18.4. The highest BCUT2D eigenvalue weighted by Gasteiger charge is 2.30. The van der Waals surface area contributed by atoms with Crippen molar-refractivity contribution in [2.45, 2.75) is 56.6 Å². The third kappa shape index (κ3) is 4.93. The number of hydrogen-bond donors (Lipinski definition) is 1. The molecule has 0 saturated heterocycles. The van der Waals surface area contributed by atoms with Crippen LogP contribution in [0.15, 0.2) is 59.8 Å². The van der Waals surface area contributed by atoms with Gasteiger partial charge in [-0.15, -0.1) is 10.2 Å². The Labute approximate surface area is 182 Å². The SMILES string of the molecule is CC[C@H](C)c1ccccc1NC(=O)CSc1nnc(C2CC2)n1Cc1ccccc1. The zero-order chi connectivity index (χ0) is 20.9. The Balaban J connectivity index is 1.45. The Morgan fingerprint density at radius 1 is 1.13 bits per heavy atom. The highest BCUT2D eigenvalue weighted by Crippen LogP contribution is 2.40. The van der Waals surface area contributed by atoms with Crippen molar-refractivity contribution in [2.24, 2.45) is 0 Å². The maximum absolute atomic E-state index is 12.7. The summed E-state index contributed by atoms with van der Waals surface area (Å²) < 4.78 is 2.18. The molecule has 0 spiro atoms. The molecule has 0 bridgehead atoms. The van der Waals surface area contributed by atoms with Gasteiger partial charge in [-0.05, 0) is 42.4 Å². The van der Waals surface area contributed by atoms with Crippen LogP contribution in [-0.4, -0.2) is 26.4 Å². The largest absolute Gasteiger partial charge is 0.325 e. The van der Waals surface area contributed by atoms with Gasteiger partial charge in [0.15, 0.2) is 5.16 Å². The van der Waals surface area contributed by atoms with Gasteiger partial charge in [-0.25, -0.2) is 0 Å². The van der Waals surface area contributed by atoms with Gasteiger partial charge < -0.3 is 9.88 Å². The van der Waals surface area contributed by atoms with Crippen LogP contribution in [0.3, 0.4) is 0 Å². The minimum absolute atomic E-state index is 0.0158. The lowest BCUT2D eigenvalue weighted by Crippen LogP contribution is -2.16. The Morgan fingerprint density at radius 2 is 1.87 bits per heavy atom. The fourth-order valence-corrected chi connectivity index (χ4v) is 4.29. The number of amides is 1. The van der Waals surface area contributed by atoms with Gasteiger partial charge in [0, 0.05) is 11.6 Å². The minimum atomic E-state index is -0.0158. The van der Waals surface area contributed by atoms with Gasteiger partial charge in [0.2, 0.25) is 5.91 Å². The standard InChI is InChI=1S/C24H28N4OS/c1-3-17(2)20-11-7-8-12-21(20)25-22(29)16-30-24-27-26-23(19-13-14-19)28(24)15-18-9-5-4-6-10-18/h4-12,17,19H,3,13-16H2,1-2H3,(H,25,29)/t17-/m0/s1. The molecule has 1 N–H and O–H groups in total. The molecule has 1 atom stereocenters. The van der Waals surface area contributed by atoms with E-state index in [1.165, 1.54) is 35.7 Å². The molecule has 1 aromatic heterocycles. The van der Waals surface area contributed by atoms with E-state index < -0.39 is 0 Å². The summed E-state index contributed by atoms with van der Waals surface area (Å²) in [4.78, 5) is 12.7. The van der Waals surface area contributed by atoms with Gasteiger partial charge in [0.05, 0.1) is 12.3 Å². The summed E-state index contributed by atoms with van der Waals surface area (Å²) in [5.74, 6) is 2.25. The number of anilines is 1. The van der Waals surface area contributed by atoms with Crippen LogP contribution in [0.2, 0.25) is 0 Å². The molecule has 4 rings (SSSR count). The number of rotatable bonds is 9. The third-order valence-corrected chi connectivity index (χ3v) is 6.55. The first kappa shape index (κ1) is 20.7. The molecule has 1 saturated carbocycles. The van der Waals surface area contributed by atoms with Crippen molar-refractivity contribution in [3.8, 4) is 0 Å². The molecule has 2 aromatic carbocycles. The summed E-state index contributed by atoms with van der Waals surface area (Å²) in [6.45, 7) is 5.09. The van der Waals surface area contributed by atoms with Crippen LogP contribution in [0.5, 0.6) is 0 Å². The van der Waals surface area contributed by atoms with E-state index >= 15 is 0 Å². The fraction of sp³-hybridized carbons (Fsp3) is 0.375. The zero-order valence-electron chi connectivity index (χ0n) is 17.5. The van der Waals surface area contributed by atoms with Crippen LogP contribution >= 0.6 is 11.8 Å². The van der Waals surface area contributed by atoms with Crippen LogP contribution in [-0.2, 0) is 11.3 Å². The lowest BCUT2D eigenvalue weighted by molar-refractivity contribution is -0.113. The van der Waals surface area contributed by atoms with E-state index in [1.54, 1.807) is 0 Å². The molecule has 0 unspecified atom stereocenters. The van der Waals surface area contributed by atoms with E-state index in [9.17, 15) is 4.79 Å². The maximum atomic E-state index is 12.7. The first-order valence-corrected chi connectivity index (χ1v) is 11.6. The van der Waals surface area contributed by atoms with E-state index in [0.717, 1.165) is 29.6 Å². The number of thioether (sulfide) groups is 1. The van der Waals surface area contributed by atoms with Gasteiger partial charge in [0.1, 0.15) is 5.82 Å². The molecule has 1 aliphatic carbocycles. The molecule has 6 heteroatoms. The third-order valence-electron chi connectivity index (χ3n) is 5.58. The molecule has 5 nitrogen and oxygen atoms in total. The maximum Gasteiger partial charge on any atom is 0.234 e. The van der Waals surface area contributed by atoms with Crippen LogP contribution in [0, 0.1) is 0 Å². The second-order valence-electron chi connectivity index (χ2n) is 7.92. The number of nitrogens with zero attached hydrogens (tertiary/aromatic N) is 3. The lowest BCUT2D eigenvalue weighted by atomic mass is 9.97. The van der Waals surface area contributed by atoms with E-state index in [0.29, 0.717) is 17.6 Å². The molecule has 1 fully saturated rings. The van der Waals surface area contributed by atoms with E-state index in [1.807, 2.05) is 36.4 Å². The van der Waals surface area contributed by atoms with E-state index in [2.05, 4.69) is 52.1 Å². The van der Waals surface area contributed by atoms with Crippen molar-refractivity contribution >= 4 is 23.4 Å². The van der Waals surface area contributed by atoms with Crippen molar-refractivity contribution in [2.75, 3.05) is 11.1 Å². The summed E-state index contributed by atoms with van der Waals surface area (Å²) in [5, 5.41) is 12.8. The average molecular weight is 421 g/mol. The van der Waals surface area contributed by atoms with Crippen LogP contribution in [0.4, 0.5) is 5.69 Å². The highest BCUT2D eigenvalue weighted by molar-refractivity contribution is 7.99. The smallest absolute Gasteiger partial charge is 0.234 e. The number of carbonyl (C=O) groups is 1. The predicted molar refractivity (Wildman–Crippen MR) is 122 cm³/mol. The van der Waals surface area contributed by atoms with Crippen molar-refractivity contribution in [3.63, 3.8) is 0 Å². The topological polar surface area (TPSA) is 59.8 Å². The van der Waals surface area contributed by atoms with E-state index in [4.69, 9.17) is 0 Å². The molecule has 1 heterocycles. The molecule has 3 aromatic rings. The summed E-state index contributed by atoms with van der Waals surface area (Å²) >= 11 is 1.46. The number of hydrogen-bond acceptors (Lipinski definition) is 4. The van der Waals surface area contributed by atoms with Gasteiger partial charge >= 0.3 is 0 Å². The molecule has 0 radical (unpaired) electrons. The number of aromatic nitrogens is 3. The second-order valence-corrected chi connectivity index (χ2v) is 8.86. The normalized spacial score (nSPS) is 14.5. The van der Waals surface area contributed by atoms with Gasteiger partial charge in [-0.1, -0.05) is 74.1 Å². The van der Waals surface area contributed by atoms with Crippen molar-refractivity contribution in [1.82, 2.24) is 14.8 Å². The molecule has 156 valence electrons. The first-order valence-electron chi connectivity index (χ1n) is 10.6. The van der Waals surface area contributed by atoms with Crippen molar-refractivity contribution in [1.29, 1.82) is 0 Å². The minimum Gasteiger partial charge on any atom is -0.325 e. The van der Waals surface area contributed by atoms with Gasteiger partial charge in [0.25, 0.3) is 0 Å². The molecule has 1 amide bonds. The number of carbonyl (C=O) groups excluding carboxylic acids is 1. The van der Waals surface area contributed by atoms with E-state index in [-0.39, 0.29) is 5.91 Å². The molecular formula is C24H28N4OS. The predicted octanol–water partition coefficient (Wildman–Crippen LogP) is 5.45. The molecule has 0 aliphatic heterocycles. The Morgan fingerprint density at radius 3 is 2.60 bits per heavy atom. The molecule has 30 heavy (non-hydrogen) atoms. The van der Waals surface area contributed by atoms with Crippen molar-refractivity contribution < 1.29 is 4.79 Å². The Hall–Kier alpha value is -2.60. The average Bonchev–Trinajstić information content (AvgIpc) is 3.54. The quantitative estimate of drug-likeness (QED) is 0.468. The molecule has 1 aliphatic rings. The Bertz CT molecular complexity index is 997. The van der Waals surface area contributed by atoms with Crippen LogP contribution in [0.25, 0.3) is 0 Å². The monoisotopic (exact) mass is 420 g/mol. The first-order chi connectivity index (χ1) is 14.7. The highest BCUT2D eigenvalue weighted by atomic mass is 32.2. The Kier molecular flexibility index (Phi) is 6.53.